The van der Waals surface area contributed by atoms with Gasteiger partial charge >= 0.3 is 0 Å². The quantitative estimate of drug-likeness (QED) is 0.807. The maximum absolute atomic E-state index is 13.2. The van der Waals surface area contributed by atoms with Crippen molar-refractivity contribution in [3.05, 3.63) is 48.2 Å². The Labute approximate surface area is 143 Å². The van der Waals surface area contributed by atoms with Crippen LogP contribution in [0, 0.1) is 11.6 Å². The summed E-state index contributed by atoms with van der Waals surface area (Å²) in [7, 11) is -0.793. The van der Waals surface area contributed by atoms with E-state index in [1.807, 2.05) is 0 Å². The molecule has 1 amide bonds. The SMILES string of the molecule is CN(C)C(=O)CNc1ccc(S(=O)(=O)Nc2ccc(F)c(F)c2)cn1. The Morgan fingerprint density at radius 3 is 2.44 bits per heavy atom. The second kappa shape index (κ2) is 7.43. The van der Waals surface area contributed by atoms with Gasteiger partial charge in [0.25, 0.3) is 10.0 Å². The van der Waals surface area contributed by atoms with Crippen LogP contribution < -0.4 is 10.0 Å². The van der Waals surface area contributed by atoms with Crippen molar-refractivity contribution in [1.82, 2.24) is 9.88 Å². The number of anilines is 2. The van der Waals surface area contributed by atoms with Gasteiger partial charge in [0.15, 0.2) is 11.6 Å². The summed E-state index contributed by atoms with van der Waals surface area (Å²) >= 11 is 0. The summed E-state index contributed by atoms with van der Waals surface area (Å²) in [6.07, 6.45) is 1.09. The largest absolute Gasteiger partial charge is 0.361 e. The lowest BCUT2D eigenvalue weighted by molar-refractivity contribution is -0.126. The van der Waals surface area contributed by atoms with Crippen molar-refractivity contribution < 1.29 is 22.0 Å². The molecule has 0 spiro atoms. The highest BCUT2D eigenvalue weighted by molar-refractivity contribution is 7.92. The molecule has 2 rings (SSSR count). The molecule has 1 aromatic carbocycles. The number of aromatic nitrogens is 1. The molecule has 0 saturated carbocycles. The maximum Gasteiger partial charge on any atom is 0.263 e. The molecule has 0 aliphatic heterocycles. The van der Waals surface area contributed by atoms with Crippen molar-refractivity contribution >= 4 is 27.4 Å². The summed E-state index contributed by atoms with van der Waals surface area (Å²) in [5.41, 5.74) is -0.113. The molecule has 0 saturated heterocycles. The van der Waals surface area contributed by atoms with Crippen LogP contribution in [0.1, 0.15) is 0 Å². The molecule has 10 heteroatoms. The summed E-state index contributed by atoms with van der Waals surface area (Å²) in [6.45, 7) is 0.0131. The van der Waals surface area contributed by atoms with Crippen LogP contribution in [0.4, 0.5) is 20.3 Å². The van der Waals surface area contributed by atoms with Gasteiger partial charge in [0.05, 0.1) is 12.2 Å². The number of rotatable bonds is 6. The predicted octanol–water partition coefficient (Wildman–Crippen LogP) is 1.66. The Balaban J connectivity index is 2.09. The van der Waals surface area contributed by atoms with E-state index in [9.17, 15) is 22.0 Å². The highest BCUT2D eigenvalue weighted by atomic mass is 32.2. The minimum absolute atomic E-state index is 0.0131. The molecular formula is C15H16F2N4O3S. The fraction of sp³-hybridized carbons (Fsp3) is 0.200. The third kappa shape index (κ3) is 4.86. The molecule has 25 heavy (non-hydrogen) atoms. The van der Waals surface area contributed by atoms with Gasteiger partial charge in [0.1, 0.15) is 10.7 Å². The Morgan fingerprint density at radius 2 is 1.88 bits per heavy atom. The molecule has 0 aliphatic carbocycles. The average Bonchev–Trinajstić information content (AvgIpc) is 2.56. The molecule has 0 unspecified atom stereocenters. The first kappa shape index (κ1) is 18.6. The van der Waals surface area contributed by atoms with Crippen LogP contribution in [0.5, 0.6) is 0 Å². The molecule has 0 radical (unpaired) electrons. The summed E-state index contributed by atoms with van der Waals surface area (Å²) in [5, 5.41) is 2.76. The molecule has 2 aromatic rings. The lowest BCUT2D eigenvalue weighted by Crippen LogP contribution is -2.28. The molecule has 0 aliphatic rings. The average molecular weight is 370 g/mol. The third-order valence-electron chi connectivity index (χ3n) is 3.14. The minimum atomic E-state index is -4.01. The number of hydrogen-bond donors (Lipinski definition) is 2. The number of sulfonamides is 1. The number of nitrogens with one attached hydrogen (secondary N) is 2. The van der Waals surface area contributed by atoms with Gasteiger partial charge in [0.2, 0.25) is 5.91 Å². The zero-order valence-electron chi connectivity index (χ0n) is 13.5. The Hall–Kier alpha value is -2.75. The lowest BCUT2D eigenvalue weighted by Gasteiger charge is -2.12. The van der Waals surface area contributed by atoms with E-state index in [0.717, 1.165) is 24.4 Å². The van der Waals surface area contributed by atoms with Crippen LogP contribution in [0.3, 0.4) is 0 Å². The van der Waals surface area contributed by atoms with Gasteiger partial charge in [-0.15, -0.1) is 0 Å². The third-order valence-corrected chi connectivity index (χ3v) is 4.50. The van der Waals surface area contributed by atoms with Gasteiger partial charge in [-0.3, -0.25) is 9.52 Å². The van der Waals surface area contributed by atoms with Gasteiger partial charge < -0.3 is 10.2 Å². The standard InChI is InChI=1S/C15H16F2N4O3S/c1-21(2)15(22)9-19-14-6-4-11(8-18-14)25(23,24)20-10-3-5-12(16)13(17)7-10/h3-8,20H,9H2,1-2H3,(H,18,19). The number of benzene rings is 1. The van der Waals surface area contributed by atoms with E-state index >= 15 is 0 Å². The Bertz CT molecular complexity index is 871. The molecule has 134 valence electrons. The number of carbonyl (C=O) groups excluding carboxylic acids is 1. The molecular weight excluding hydrogens is 354 g/mol. The zero-order valence-corrected chi connectivity index (χ0v) is 14.3. The van der Waals surface area contributed by atoms with E-state index in [2.05, 4.69) is 15.0 Å². The van der Waals surface area contributed by atoms with Crippen LogP contribution in [-0.4, -0.2) is 44.8 Å². The van der Waals surface area contributed by atoms with Gasteiger partial charge in [-0.25, -0.2) is 22.2 Å². The van der Waals surface area contributed by atoms with Gasteiger partial charge in [-0.1, -0.05) is 0 Å². The van der Waals surface area contributed by atoms with Crippen molar-refractivity contribution in [2.45, 2.75) is 4.90 Å². The van der Waals surface area contributed by atoms with Gasteiger partial charge in [-0.2, -0.15) is 0 Å². The summed E-state index contributed by atoms with van der Waals surface area (Å²) in [6, 6.07) is 5.33. The monoisotopic (exact) mass is 370 g/mol. The fourth-order valence-corrected chi connectivity index (χ4v) is 2.74. The summed E-state index contributed by atoms with van der Waals surface area (Å²) in [4.78, 5) is 16.6. The lowest BCUT2D eigenvalue weighted by atomic mass is 10.3. The van der Waals surface area contributed by atoms with Crippen molar-refractivity contribution in [2.75, 3.05) is 30.7 Å². The van der Waals surface area contributed by atoms with Gasteiger partial charge in [0, 0.05) is 26.4 Å². The summed E-state index contributed by atoms with van der Waals surface area (Å²) in [5.74, 6) is -2.09. The topological polar surface area (TPSA) is 91.4 Å². The van der Waals surface area contributed by atoms with Crippen LogP contribution >= 0.6 is 0 Å². The minimum Gasteiger partial charge on any atom is -0.361 e. The summed E-state index contributed by atoms with van der Waals surface area (Å²) < 4.78 is 52.6. The number of nitrogens with zero attached hydrogens (tertiary/aromatic N) is 2. The van der Waals surface area contributed by atoms with Crippen LogP contribution in [0.2, 0.25) is 0 Å². The molecule has 1 heterocycles. The number of carbonyl (C=O) groups is 1. The Morgan fingerprint density at radius 1 is 1.16 bits per heavy atom. The van der Waals surface area contributed by atoms with Gasteiger partial charge in [-0.05, 0) is 24.3 Å². The van der Waals surface area contributed by atoms with Crippen LogP contribution in [0.25, 0.3) is 0 Å². The van der Waals surface area contributed by atoms with Crippen molar-refractivity contribution in [2.24, 2.45) is 0 Å². The smallest absolute Gasteiger partial charge is 0.263 e. The van der Waals surface area contributed by atoms with Crippen molar-refractivity contribution in [3.63, 3.8) is 0 Å². The van der Waals surface area contributed by atoms with Crippen molar-refractivity contribution in [3.8, 4) is 0 Å². The first-order chi connectivity index (χ1) is 11.7. The first-order valence-corrected chi connectivity index (χ1v) is 8.55. The van der Waals surface area contributed by atoms with E-state index in [-0.39, 0.29) is 23.0 Å². The highest BCUT2D eigenvalue weighted by Gasteiger charge is 2.16. The fourth-order valence-electron chi connectivity index (χ4n) is 1.74. The maximum atomic E-state index is 13.2. The van der Waals surface area contributed by atoms with E-state index in [1.54, 1.807) is 14.1 Å². The zero-order chi connectivity index (χ0) is 18.6. The van der Waals surface area contributed by atoms with E-state index in [4.69, 9.17) is 0 Å². The second-order valence-corrected chi connectivity index (χ2v) is 6.94. The number of amides is 1. The molecule has 0 fully saturated rings. The molecule has 2 N–H and O–H groups in total. The Kier molecular flexibility index (Phi) is 5.52. The molecule has 1 aromatic heterocycles. The highest BCUT2D eigenvalue weighted by Crippen LogP contribution is 2.18. The second-order valence-electron chi connectivity index (χ2n) is 5.26. The van der Waals surface area contributed by atoms with Crippen molar-refractivity contribution in [1.29, 1.82) is 0 Å². The predicted molar refractivity (Wildman–Crippen MR) is 88.6 cm³/mol. The van der Waals surface area contributed by atoms with Crippen LogP contribution in [-0.2, 0) is 14.8 Å². The molecule has 0 atom stereocenters. The number of hydrogen-bond acceptors (Lipinski definition) is 5. The van der Waals surface area contributed by atoms with E-state index < -0.39 is 21.7 Å². The molecule has 7 nitrogen and oxygen atoms in total. The number of pyridine rings is 1. The van der Waals surface area contributed by atoms with E-state index in [1.165, 1.54) is 17.0 Å². The normalized spacial score (nSPS) is 11.0. The molecule has 0 bridgehead atoms. The number of halogens is 2. The number of likely N-dealkylation sites (N-methyl/N-ethyl adjacent to an activating group) is 1. The van der Waals surface area contributed by atoms with Crippen LogP contribution in [0.15, 0.2) is 41.4 Å². The first-order valence-electron chi connectivity index (χ1n) is 7.07. The van der Waals surface area contributed by atoms with E-state index in [0.29, 0.717) is 5.82 Å².